The van der Waals surface area contributed by atoms with Gasteiger partial charge in [-0.05, 0) is 49.2 Å². The minimum absolute atomic E-state index is 0.131. The lowest BCUT2D eigenvalue weighted by Crippen LogP contribution is -2.35. The van der Waals surface area contributed by atoms with E-state index in [1.165, 1.54) is 0 Å². The van der Waals surface area contributed by atoms with Crippen LogP contribution in [0.25, 0.3) is 11.4 Å². The Morgan fingerprint density at radius 1 is 1.19 bits per heavy atom. The van der Waals surface area contributed by atoms with Gasteiger partial charge in [0, 0.05) is 21.8 Å². The van der Waals surface area contributed by atoms with Crippen LogP contribution in [0, 0.1) is 0 Å². The lowest BCUT2D eigenvalue weighted by atomic mass is 10.1. The number of hydrogen-bond donors (Lipinski definition) is 2. The van der Waals surface area contributed by atoms with E-state index in [0.717, 1.165) is 22.0 Å². The van der Waals surface area contributed by atoms with Crippen LogP contribution in [0.15, 0.2) is 57.5 Å². The first-order valence-electron chi connectivity index (χ1n) is 8.79. The molecule has 3 aromatic rings. The summed E-state index contributed by atoms with van der Waals surface area (Å²) < 4.78 is 6.38. The van der Waals surface area contributed by atoms with Crippen LogP contribution in [0.3, 0.4) is 0 Å². The fourth-order valence-corrected chi connectivity index (χ4v) is 2.87. The fraction of sp³-hybridized carbons (Fsp3) is 0.250. The van der Waals surface area contributed by atoms with Crippen molar-refractivity contribution >= 4 is 27.6 Å². The van der Waals surface area contributed by atoms with Gasteiger partial charge < -0.3 is 15.2 Å². The molecule has 1 atom stereocenters. The van der Waals surface area contributed by atoms with Gasteiger partial charge in [0.1, 0.15) is 0 Å². The summed E-state index contributed by atoms with van der Waals surface area (Å²) in [6, 6.07) is 15.2. The van der Waals surface area contributed by atoms with Crippen molar-refractivity contribution in [3.8, 4) is 11.4 Å². The van der Waals surface area contributed by atoms with E-state index in [9.17, 15) is 4.79 Å². The van der Waals surface area contributed by atoms with E-state index < -0.39 is 0 Å². The molecule has 2 N–H and O–H groups in total. The highest BCUT2D eigenvalue weighted by Gasteiger charge is 2.11. The number of anilines is 1. The molecule has 0 bridgehead atoms. The van der Waals surface area contributed by atoms with E-state index >= 15 is 0 Å². The number of hydrogen-bond acceptors (Lipinski definition) is 4. The number of carbonyl (C=O) groups is 1. The molecular weight excluding hydrogens is 408 g/mol. The van der Waals surface area contributed by atoms with E-state index in [4.69, 9.17) is 4.52 Å². The predicted molar refractivity (Wildman–Crippen MR) is 109 cm³/mol. The Hall–Kier alpha value is -2.67. The number of amides is 2. The average Bonchev–Trinajstić information content (AvgIpc) is 3.12. The third-order valence-corrected chi connectivity index (χ3v) is 4.93. The molecule has 140 valence electrons. The third-order valence-electron chi connectivity index (χ3n) is 4.16. The van der Waals surface area contributed by atoms with Crippen molar-refractivity contribution in [3.05, 3.63) is 64.5 Å². The van der Waals surface area contributed by atoms with Gasteiger partial charge >= 0.3 is 6.03 Å². The molecule has 3 rings (SSSR count). The smallest absolute Gasteiger partial charge is 0.319 e. The minimum atomic E-state index is -0.215. The maximum absolute atomic E-state index is 11.9. The number of urea groups is 1. The summed E-state index contributed by atoms with van der Waals surface area (Å²) in [5.41, 5.74) is 2.61. The van der Waals surface area contributed by atoms with E-state index in [0.29, 0.717) is 23.8 Å². The average molecular weight is 429 g/mol. The van der Waals surface area contributed by atoms with E-state index in [2.05, 4.69) is 36.7 Å². The van der Waals surface area contributed by atoms with Crippen LogP contribution in [0.1, 0.15) is 31.7 Å². The van der Waals surface area contributed by atoms with Crippen molar-refractivity contribution in [2.75, 3.05) is 5.32 Å². The molecule has 2 aromatic carbocycles. The number of halogens is 1. The van der Waals surface area contributed by atoms with E-state index in [1.54, 1.807) is 0 Å². The second-order valence-electron chi connectivity index (χ2n) is 6.27. The van der Waals surface area contributed by atoms with Crippen molar-refractivity contribution < 1.29 is 9.32 Å². The van der Waals surface area contributed by atoms with Gasteiger partial charge in [0.15, 0.2) is 0 Å². The van der Waals surface area contributed by atoms with Gasteiger partial charge in [0.2, 0.25) is 11.7 Å². The van der Waals surface area contributed by atoms with Gasteiger partial charge in [-0.25, -0.2) is 4.79 Å². The summed E-state index contributed by atoms with van der Waals surface area (Å²) in [7, 11) is 0. The first-order valence-corrected chi connectivity index (χ1v) is 9.58. The van der Waals surface area contributed by atoms with Crippen LogP contribution in [-0.4, -0.2) is 22.2 Å². The molecule has 0 radical (unpaired) electrons. The van der Waals surface area contributed by atoms with Crippen LogP contribution >= 0.6 is 15.9 Å². The Bertz CT molecular complexity index is 908. The monoisotopic (exact) mass is 428 g/mol. The topological polar surface area (TPSA) is 80.0 Å². The summed E-state index contributed by atoms with van der Waals surface area (Å²) in [4.78, 5) is 16.3. The summed E-state index contributed by atoms with van der Waals surface area (Å²) in [6.07, 6.45) is 1.44. The highest BCUT2D eigenvalue weighted by atomic mass is 79.9. The Kier molecular flexibility index (Phi) is 6.24. The first-order chi connectivity index (χ1) is 13.0. The Morgan fingerprint density at radius 3 is 2.63 bits per heavy atom. The SMILES string of the molecule is CCC(C)NC(=O)Nc1ccc(-c2noc(Cc3ccccc3Br)n2)cc1. The Morgan fingerprint density at radius 2 is 1.93 bits per heavy atom. The number of benzene rings is 2. The number of carbonyl (C=O) groups excluding carboxylic acids is 1. The number of nitrogens with zero attached hydrogens (tertiary/aromatic N) is 2. The van der Waals surface area contributed by atoms with Crippen molar-refractivity contribution in [3.63, 3.8) is 0 Å². The molecule has 0 saturated carbocycles. The Balaban J connectivity index is 1.65. The van der Waals surface area contributed by atoms with Crippen molar-refractivity contribution in [1.82, 2.24) is 15.5 Å². The predicted octanol–water partition coefficient (Wildman–Crippen LogP) is 5.01. The normalized spacial score (nSPS) is 11.8. The number of aromatic nitrogens is 2. The van der Waals surface area contributed by atoms with Crippen molar-refractivity contribution in [2.24, 2.45) is 0 Å². The summed E-state index contributed by atoms with van der Waals surface area (Å²) >= 11 is 3.52. The van der Waals surface area contributed by atoms with Crippen LogP contribution in [-0.2, 0) is 6.42 Å². The summed E-state index contributed by atoms with van der Waals surface area (Å²) in [6.45, 7) is 3.99. The van der Waals surface area contributed by atoms with Crippen molar-refractivity contribution in [1.29, 1.82) is 0 Å². The van der Waals surface area contributed by atoms with E-state index in [1.807, 2.05) is 62.4 Å². The quantitative estimate of drug-likeness (QED) is 0.577. The van der Waals surface area contributed by atoms with Gasteiger partial charge in [-0.15, -0.1) is 0 Å². The molecule has 2 amide bonds. The molecule has 0 fully saturated rings. The minimum Gasteiger partial charge on any atom is -0.339 e. The maximum atomic E-state index is 11.9. The molecule has 1 heterocycles. The molecule has 0 aliphatic carbocycles. The molecule has 0 aliphatic rings. The van der Waals surface area contributed by atoms with Gasteiger partial charge in [-0.1, -0.05) is 46.2 Å². The van der Waals surface area contributed by atoms with Gasteiger partial charge in [0.05, 0.1) is 6.42 Å². The zero-order valence-electron chi connectivity index (χ0n) is 15.2. The zero-order valence-corrected chi connectivity index (χ0v) is 16.8. The zero-order chi connectivity index (χ0) is 19.2. The molecule has 27 heavy (non-hydrogen) atoms. The molecular formula is C20H21BrN4O2. The third kappa shape index (κ3) is 5.17. The number of rotatable bonds is 6. The van der Waals surface area contributed by atoms with Crippen LogP contribution < -0.4 is 10.6 Å². The standard InChI is InChI=1S/C20H21BrN4O2/c1-3-13(2)22-20(26)23-16-10-8-14(9-11-16)19-24-18(27-25-19)12-15-6-4-5-7-17(15)21/h4-11,13H,3,12H2,1-2H3,(H2,22,23,26). The fourth-order valence-electron chi connectivity index (χ4n) is 2.44. The molecule has 0 saturated heterocycles. The summed E-state index contributed by atoms with van der Waals surface area (Å²) in [5.74, 6) is 1.07. The van der Waals surface area contributed by atoms with Gasteiger partial charge in [-0.2, -0.15) is 4.98 Å². The van der Waals surface area contributed by atoms with Crippen LogP contribution in [0.2, 0.25) is 0 Å². The summed E-state index contributed by atoms with van der Waals surface area (Å²) in [5, 5.41) is 9.72. The van der Waals surface area contributed by atoms with Gasteiger partial charge in [0.25, 0.3) is 0 Å². The van der Waals surface area contributed by atoms with E-state index in [-0.39, 0.29) is 12.1 Å². The lowest BCUT2D eigenvalue weighted by molar-refractivity contribution is 0.249. The molecule has 6 nitrogen and oxygen atoms in total. The van der Waals surface area contributed by atoms with Crippen LogP contribution in [0.5, 0.6) is 0 Å². The maximum Gasteiger partial charge on any atom is 0.319 e. The lowest BCUT2D eigenvalue weighted by Gasteiger charge is -2.12. The molecule has 1 unspecified atom stereocenters. The Labute approximate surface area is 166 Å². The largest absolute Gasteiger partial charge is 0.339 e. The second-order valence-corrected chi connectivity index (χ2v) is 7.12. The van der Waals surface area contributed by atoms with Crippen molar-refractivity contribution in [2.45, 2.75) is 32.7 Å². The number of nitrogens with one attached hydrogen (secondary N) is 2. The first kappa shape index (κ1) is 19.1. The molecule has 0 spiro atoms. The van der Waals surface area contributed by atoms with Gasteiger partial charge in [-0.3, -0.25) is 0 Å². The highest BCUT2D eigenvalue weighted by molar-refractivity contribution is 9.10. The highest BCUT2D eigenvalue weighted by Crippen LogP contribution is 2.22. The second kappa shape index (κ2) is 8.81. The molecule has 0 aliphatic heterocycles. The molecule has 1 aromatic heterocycles. The van der Waals surface area contributed by atoms with Crippen LogP contribution in [0.4, 0.5) is 10.5 Å². The molecule has 7 heteroatoms.